The average Bonchev–Trinajstić information content (AvgIpc) is 2.36. The van der Waals surface area contributed by atoms with Gasteiger partial charge in [0.1, 0.15) is 0 Å². The van der Waals surface area contributed by atoms with E-state index in [1.54, 1.807) is 14.2 Å². The lowest BCUT2D eigenvalue weighted by molar-refractivity contribution is 0.0388. The molecule has 0 heterocycles. The zero-order valence-electron chi connectivity index (χ0n) is 12.9. The highest BCUT2D eigenvalue weighted by molar-refractivity contribution is 4.87. The molecule has 0 aliphatic carbocycles. The van der Waals surface area contributed by atoms with Gasteiger partial charge in [-0.05, 0) is 25.7 Å². The molecule has 0 saturated carbocycles. The first-order chi connectivity index (χ1) is 8.50. The van der Waals surface area contributed by atoms with Crippen molar-refractivity contribution in [2.24, 2.45) is 11.7 Å². The summed E-state index contributed by atoms with van der Waals surface area (Å²) in [6, 6.07) is 0. The molecule has 110 valence electrons. The third kappa shape index (κ3) is 6.69. The van der Waals surface area contributed by atoms with Crippen molar-refractivity contribution in [3.63, 3.8) is 0 Å². The second-order valence-corrected chi connectivity index (χ2v) is 5.61. The van der Waals surface area contributed by atoms with Gasteiger partial charge >= 0.3 is 0 Å². The molecule has 0 fully saturated rings. The zero-order valence-corrected chi connectivity index (χ0v) is 12.9. The number of nitrogens with two attached hydrogens (primary N) is 1. The fourth-order valence-corrected chi connectivity index (χ4v) is 2.04. The predicted molar refractivity (Wildman–Crippen MR) is 76.9 cm³/mol. The molecule has 0 amide bonds. The number of hydrogen-bond donors (Lipinski definition) is 1. The molecule has 4 nitrogen and oxygen atoms in total. The van der Waals surface area contributed by atoms with Crippen LogP contribution in [0.25, 0.3) is 0 Å². The molecule has 0 bridgehead atoms. The van der Waals surface area contributed by atoms with Crippen LogP contribution in [0.4, 0.5) is 0 Å². The standard InChI is InChI=1S/C14H32N2O2/c1-13(2)6-7-14(3,12-15)16(8-10-17-4)9-11-18-5/h13H,6-12,15H2,1-5H3. The Morgan fingerprint density at radius 1 is 1.11 bits per heavy atom. The Kier molecular flexibility index (Phi) is 9.64. The lowest BCUT2D eigenvalue weighted by Crippen LogP contribution is -2.54. The molecule has 0 saturated heterocycles. The van der Waals surface area contributed by atoms with Crippen molar-refractivity contribution in [3.8, 4) is 0 Å². The van der Waals surface area contributed by atoms with E-state index in [0.29, 0.717) is 12.5 Å². The van der Waals surface area contributed by atoms with Crippen molar-refractivity contribution in [1.29, 1.82) is 0 Å². The Bertz CT molecular complexity index is 192. The Morgan fingerprint density at radius 3 is 1.94 bits per heavy atom. The van der Waals surface area contributed by atoms with E-state index in [0.717, 1.165) is 32.7 Å². The van der Waals surface area contributed by atoms with Gasteiger partial charge in [-0.15, -0.1) is 0 Å². The second-order valence-electron chi connectivity index (χ2n) is 5.61. The summed E-state index contributed by atoms with van der Waals surface area (Å²) in [6.07, 6.45) is 2.32. The van der Waals surface area contributed by atoms with Crippen molar-refractivity contribution >= 4 is 0 Å². The molecular formula is C14H32N2O2. The van der Waals surface area contributed by atoms with Crippen LogP contribution >= 0.6 is 0 Å². The third-order valence-corrected chi connectivity index (χ3v) is 3.59. The van der Waals surface area contributed by atoms with Crippen molar-refractivity contribution in [1.82, 2.24) is 4.90 Å². The molecule has 0 radical (unpaired) electrons. The molecule has 4 heteroatoms. The van der Waals surface area contributed by atoms with Gasteiger partial charge in [-0.25, -0.2) is 0 Å². The zero-order chi connectivity index (χ0) is 14.0. The van der Waals surface area contributed by atoms with Crippen LogP contribution in [0.2, 0.25) is 0 Å². The fraction of sp³-hybridized carbons (Fsp3) is 1.00. The van der Waals surface area contributed by atoms with Gasteiger partial charge in [-0.1, -0.05) is 13.8 Å². The van der Waals surface area contributed by atoms with E-state index in [1.165, 1.54) is 6.42 Å². The van der Waals surface area contributed by atoms with E-state index in [1.807, 2.05) is 0 Å². The lowest BCUT2D eigenvalue weighted by Gasteiger charge is -2.41. The van der Waals surface area contributed by atoms with Crippen molar-refractivity contribution in [2.75, 3.05) is 47.1 Å². The molecule has 18 heavy (non-hydrogen) atoms. The second kappa shape index (κ2) is 9.73. The number of rotatable bonds is 11. The number of methoxy groups -OCH3 is 2. The van der Waals surface area contributed by atoms with Crippen LogP contribution in [0, 0.1) is 5.92 Å². The topological polar surface area (TPSA) is 47.7 Å². The SMILES string of the molecule is COCCN(CCOC)C(C)(CN)CCC(C)C. The minimum Gasteiger partial charge on any atom is -0.383 e. The van der Waals surface area contributed by atoms with Gasteiger partial charge in [0.25, 0.3) is 0 Å². The van der Waals surface area contributed by atoms with Crippen LogP contribution in [0.1, 0.15) is 33.6 Å². The molecule has 1 unspecified atom stereocenters. The monoisotopic (exact) mass is 260 g/mol. The molecule has 1 atom stereocenters. The maximum Gasteiger partial charge on any atom is 0.0589 e. The Morgan fingerprint density at radius 2 is 1.61 bits per heavy atom. The molecule has 0 aliphatic rings. The van der Waals surface area contributed by atoms with Crippen LogP contribution < -0.4 is 5.73 Å². The van der Waals surface area contributed by atoms with Gasteiger partial charge < -0.3 is 15.2 Å². The van der Waals surface area contributed by atoms with Crippen molar-refractivity contribution < 1.29 is 9.47 Å². The summed E-state index contributed by atoms with van der Waals surface area (Å²) in [5.74, 6) is 0.711. The highest BCUT2D eigenvalue weighted by atomic mass is 16.5. The number of nitrogens with zero attached hydrogens (tertiary/aromatic N) is 1. The normalized spacial score (nSPS) is 15.3. The van der Waals surface area contributed by atoms with Crippen LogP contribution in [0.15, 0.2) is 0 Å². The van der Waals surface area contributed by atoms with Gasteiger partial charge in [0.2, 0.25) is 0 Å². The molecule has 2 N–H and O–H groups in total. The van der Waals surface area contributed by atoms with Crippen LogP contribution in [-0.2, 0) is 9.47 Å². The minimum atomic E-state index is 0.0430. The Labute approximate surface area is 113 Å². The maximum absolute atomic E-state index is 6.01. The summed E-state index contributed by atoms with van der Waals surface area (Å²) in [6.45, 7) is 10.7. The predicted octanol–water partition coefficient (Wildman–Crippen LogP) is 1.73. The highest BCUT2D eigenvalue weighted by Gasteiger charge is 2.29. The summed E-state index contributed by atoms with van der Waals surface area (Å²) in [5, 5.41) is 0. The van der Waals surface area contributed by atoms with E-state index >= 15 is 0 Å². The molecule has 0 aromatic heterocycles. The molecular weight excluding hydrogens is 228 g/mol. The first-order valence-electron chi connectivity index (χ1n) is 6.93. The van der Waals surface area contributed by atoms with E-state index in [-0.39, 0.29) is 5.54 Å². The molecule has 0 aliphatic heterocycles. The number of ether oxygens (including phenoxy) is 2. The quantitative estimate of drug-likeness (QED) is 0.615. The van der Waals surface area contributed by atoms with Crippen LogP contribution in [0.3, 0.4) is 0 Å². The van der Waals surface area contributed by atoms with E-state index in [9.17, 15) is 0 Å². The first-order valence-corrected chi connectivity index (χ1v) is 6.93. The molecule has 0 spiro atoms. The Balaban J connectivity index is 4.52. The van der Waals surface area contributed by atoms with Gasteiger partial charge in [0.15, 0.2) is 0 Å². The maximum atomic E-state index is 6.01. The minimum absolute atomic E-state index is 0.0430. The summed E-state index contributed by atoms with van der Waals surface area (Å²) >= 11 is 0. The largest absolute Gasteiger partial charge is 0.383 e. The van der Waals surface area contributed by atoms with Gasteiger partial charge in [-0.2, -0.15) is 0 Å². The fourth-order valence-electron chi connectivity index (χ4n) is 2.04. The highest BCUT2D eigenvalue weighted by Crippen LogP contribution is 2.22. The van der Waals surface area contributed by atoms with E-state index < -0.39 is 0 Å². The lowest BCUT2D eigenvalue weighted by atomic mass is 9.90. The number of hydrogen-bond acceptors (Lipinski definition) is 4. The van der Waals surface area contributed by atoms with Crippen LogP contribution in [0.5, 0.6) is 0 Å². The molecule has 0 rings (SSSR count). The first kappa shape index (κ1) is 17.8. The summed E-state index contributed by atoms with van der Waals surface area (Å²) in [4.78, 5) is 2.41. The van der Waals surface area contributed by atoms with Crippen molar-refractivity contribution in [2.45, 2.75) is 39.2 Å². The third-order valence-electron chi connectivity index (χ3n) is 3.59. The molecule has 0 aromatic rings. The van der Waals surface area contributed by atoms with Crippen LogP contribution in [-0.4, -0.2) is 57.5 Å². The van der Waals surface area contributed by atoms with Gasteiger partial charge in [0, 0.05) is 39.4 Å². The van der Waals surface area contributed by atoms with Gasteiger partial charge in [-0.3, -0.25) is 4.90 Å². The summed E-state index contributed by atoms with van der Waals surface area (Å²) in [5.41, 5.74) is 6.06. The van der Waals surface area contributed by atoms with Crippen molar-refractivity contribution in [3.05, 3.63) is 0 Å². The smallest absolute Gasteiger partial charge is 0.0589 e. The summed E-state index contributed by atoms with van der Waals surface area (Å²) < 4.78 is 10.4. The molecule has 0 aromatic carbocycles. The summed E-state index contributed by atoms with van der Waals surface area (Å²) in [7, 11) is 3.48. The van der Waals surface area contributed by atoms with E-state index in [4.69, 9.17) is 15.2 Å². The van der Waals surface area contributed by atoms with Gasteiger partial charge in [0.05, 0.1) is 13.2 Å². The van der Waals surface area contributed by atoms with E-state index in [2.05, 4.69) is 25.7 Å². The average molecular weight is 260 g/mol. The Hall–Kier alpha value is -0.160.